The van der Waals surface area contributed by atoms with Gasteiger partial charge < -0.3 is 15.7 Å². The predicted octanol–water partition coefficient (Wildman–Crippen LogP) is 2.39. The lowest BCUT2D eigenvalue weighted by Crippen LogP contribution is -2.46. The summed E-state index contributed by atoms with van der Waals surface area (Å²) in [6.45, 7) is 5.65. The van der Waals surface area contributed by atoms with E-state index in [1.807, 2.05) is 45.0 Å². The highest BCUT2D eigenvalue weighted by atomic mass is 32.1. The maximum Gasteiger partial charge on any atom is 0.326 e. The van der Waals surface area contributed by atoms with Gasteiger partial charge in [0.2, 0.25) is 0 Å². The molecule has 3 N–H and O–H groups in total. The Balaban J connectivity index is 2.63. The van der Waals surface area contributed by atoms with Crippen molar-refractivity contribution in [3.8, 4) is 0 Å². The minimum Gasteiger partial charge on any atom is -0.480 e. The Kier molecular flexibility index (Phi) is 5.09. The Morgan fingerprint density at radius 2 is 2.06 bits per heavy atom. The normalized spacial score (nSPS) is 12.0. The Bertz CT molecular complexity index is 446. The third kappa shape index (κ3) is 4.33. The summed E-state index contributed by atoms with van der Waals surface area (Å²) in [5.41, 5.74) is 1.96. The van der Waals surface area contributed by atoms with E-state index in [1.165, 1.54) is 0 Å². The van der Waals surface area contributed by atoms with Crippen LogP contribution in [0.5, 0.6) is 0 Å². The van der Waals surface area contributed by atoms with Crippen molar-refractivity contribution in [2.24, 2.45) is 5.92 Å². The van der Waals surface area contributed by atoms with Crippen LogP contribution in [0.3, 0.4) is 0 Å². The SMILES string of the molecule is Cc1cccc(NC(=S)N[C@H](C(=O)O)C(C)C)c1. The molecule has 1 aromatic rings. The second-order valence-electron chi connectivity index (χ2n) is 4.53. The summed E-state index contributed by atoms with van der Waals surface area (Å²) in [5, 5.41) is 15.2. The van der Waals surface area contributed by atoms with E-state index in [2.05, 4.69) is 10.6 Å². The van der Waals surface area contributed by atoms with E-state index in [-0.39, 0.29) is 5.92 Å². The molecule has 1 aromatic carbocycles. The van der Waals surface area contributed by atoms with Crippen LogP contribution < -0.4 is 10.6 Å². The van der Waals surface area contributed by atoms with Gasteiger partial charge in [-0.3, -0.25) is 0 Å². The molecule has 1 atom stereocenters. The van der Waals surface area contributed by atoms with Crippen molar-refractivity contribution in [1.82, 2.24) is 5.32 Å². The molecule has 0 saturated heterocycles. The van der Waals surface area contributed by atoms with Crippen molar-refractivity contribution in [3.05, 3.63) is 29.8 Å². The van der Waals surface area contributed by atoms with E-state index in [0.29, 0.717) is 5.11 Å². The molecule has 0 bridgehead atoms. The first-order valence-electron chi connectivity index (χ1n) is 5.77. The average Bonchev–Trinajstić information content (AvgIpc) is 2.25. The van der Waals surface area contributed by atoms with Crippen LogP contribution in [0.25, 0.3) is 0 Å². The van der Waals surface area contributed by atoms with Crippen LogP contribution in [-0.4, -0.2) is 22.2 Å². The molecule has 0 saturated carbocycles. The minimum absolute atomic E-state index is 0.0419. The summed E-state index contributed by atoms with van der Waals surface area (Å²) < 4.78 is 0. The summed E-state index contributed by atoms with van der Waals surface area (Å²) in [5.74, 6) is -0.946. The smallest absolute Gasteiger partial charge is 0.326 e. The van der Waals surface area contributed by atoms with Gasteiger partial charge in [-0.1, -0.05) is 26.0 Å². The number of hydrogen-bond acceptors (Lipinski definition) is 2. The molecular formula is C13H18N2O2S. The second-order valence-corrected chi connectivity index (χ2v) is 4.94. The van der Waals surface area contributed by atoms with Gasteiger partial charge in [0.1, 0.15) is 6.04 Å². The van der Waals surface area contributed by atoms with Gasteiger partial charge in [-0.25, -0.2) is 4.79 Å². The van der Waals surface area contributed by atoms with Gasteiger partial charge in [-0.05, 0) is 42.8 Å². The molecule has 0 aliphatic rings. The zero-order chi connectivity index (χ0) is 13.7. The first-order valence-corrected chi connectivity index (χ1v) is 6.18. The van der Waals surface area contributed by atoms with Crippen LogP contribution in [0.4, 0.5) is 5.69 Å². The molecule has 0 unspecified atom stereocenters. The number of rotatable bonds is 4. The number of aliphatic carboxylic acids is 1. The molecular weight excluding hydrogens is 248 g/mol. The number of nitrogens with one attached hydrogen (secondary N) is 2. The monoisotopic (exact) mass is 266 g/mol. The molecule has 0 radical (unpaired) electrons. The summed E-state index contributed by atoms with van der Waals surface area (Å²) in [6, 6.07) is 7.04. The lowest BCUT2D eigenvalue weighted by Gasteiger charge is -2.20. The lowest BCUT2D eigenvalue weighted by atomic mass is 10.1. The Morgan fingerprint density at radius 1 is 1.39 bits per heavy atom. The average molecular weight is 266 g/mol. The fraction of sp³-hybridized carbons (Fsp3) is 0.385. The Hall–Kier alpha value is -1.62. The molecule has 0 heterocycles. The first-order chi connectivity index (χ1) is 8.40. The number of carbonyl (C=O) groups is 1. The number of carboxylic acids is 1. The van der Waals surface area contributed by atoms with Crippen LogP contribution in [-0.2, 0) is 4.79 Å². The van der Waals surface area contributed by atoms with E-state index in [1.54, 1.807) is 0 Å². The maximum absolute atomic E-state index is 11.0. The van der Waals surface area contributed by atoms with E-state index >= 15 is 0 Å². The highest BCUT2D eigenvalue weighted by Crippen LogP contribution is 2.10. The van der Waals surface area contributed by atoms with E-state index < -0.39 is 12.0 Å². The van der Waals surface area contributed by atoms with Crippen molar-refractivity contribution < 1.29 is 9.90 Å². The molecule has 0 aliphatic heterocycles. The fourth-order valence-corrected chi connectivity index (χ4v) is 1.79. The van der Waals surface area contributed by atoms with Crippen LogP contribution in [0.2, 0.25) is 0 Å². The number of anilines is 1. The van der Waals surface area contributed by atoms with Gasteiger partial charge in [0, 0.05) is 5.69 Å². The fourth-order valence-electron chi connectivity index (χ4n) is 1.54. The highest BCUT2D eigenvalue weighted by Gasteiger charge is 2.21. The van der Waals surface area contributed by atoms with Crippen LogP contribution in [0.1, 0.15) is 19.4 Å². The molecule has 18 heavy (non-hydrogen) atoms. The largest absolute Gasteiger partial charge is 0.480 e. The molecule has 0 aromatic heterocycles. The summed E-state index contributed by atoms with van der Waals surface area (Å²) in [6.07, 6.45) is 0. The first kappa shape index (κ1) is 14.4. The minimum atomic E-state index is -0.904. The van der Waals surface area contributed by atoms with Crippen molar-refractivity contribution in [2.75, 3.05) is 5.32 Å². The van der Waals surface area contributed by atoms with Gasteiger partial charge in [-0.15, -0.1) is 0 Å². The van der Waals surface area contributed by atoms with Crippen LogP contribution >= 0.6 is 12.2 Å². The number of thiocarbonyl (C=S) groups is 1. The molecule has 0 spiro atoms. The van der Waals surface area contributed by atoms with Crippen molar-refractivity contribution in [3.63, 3.8) is 0 Å². The van der Waals surface area contributed by atoms with Gasteiger partial charge in [-0.2, -0.15) is 0 Å². The van der Waals surface area contributed by atoms with E-state index in [4.69, 9.17) is 17.3 Å². The molecule has 0 amide bonds. The third-order valence-electron chi connectivity index (χ3n) is 2.50. The number of hydrogen-bond donors (Lipinski definition) is 3. The summed E-state index contributed by atoms with van der Waals surface area (Å²) >= 11 is 5.11. The Morgan fingerprint density at radius 3 is 2.56 bits per heavy atom. The summed E-state index contributed by atoms with van der Waals surface area (Å²) in [7, 11) is 0. The molecule has 0 fully saturated rings. The molecule has 1 rings (SSSR count). The molecule has 5 heteroatoms. The van der Waals surface area contributed by atoms with Crippen molar-refractivity contribution in [2.45, 2.75) is 26.8 Å². The maximum atomic E-state index is 11.0. The van der Waals surface area contributed by atoms with Crippen LogP contribution in [0.15, 0.2) is 24.3 Å². The molecule has 4 nitrogen and oxygen atoms in total. The number of aryl methyl sites for hydroxylation is 1. The molecule has 98 valence electrons. The predicted molar refractivity (Wildman–Crippen MR) is 76.8 cm³/mol. The zero-order valence-electron chi connectivity index (χ0n) is 10.7. The van der Waals surface area contributed by atoms with Crippen molar-refractivity contribution in [1.29, 1.82) is 0 Å². The van der Waals surface area contributed by atoms with Gasteiger partial charge in [0.15, 0.2) is 5.11 Å². The number of benzene rings is 1. The zero-order valence-corrected chi connectivity index (χ0v) is 11.5. The Labute approximate surface area is 112 Å². The van der Waals surface area contributed by atoms with Crippen LogP contribution in [0, 0.1) is 12.8 Å². The number of carboxylic acid groups (broad SMARTS) is 1. The lowest BCUT2D eigenvalue weighted by molar-refractivity contribution is -0.140. The quantitative estimate of drug-likeness (QED) is 0.730. The topological polar surface area (TPSA) is 61.4 Å². The van der Waals surface area contributed by atoms with E-state index in [9.17, 15) is 4.79 Å². The van der Waals surface area contributed by atoms with Gasteiger partial charge in [0.05, 0.1) is 0 Å². The third-order valence-corrected chi connectivity index (χ3v) is 2.72. The molecule has 0 aliphatic carbocycles. The van der Waals surface area contributed by atoms with Gasteiger partial charge in [0.25, 0.3) is 0 Å². The second kappa shape index (κ2) is 6.35. The van der Waals surface area contributed by atoms with E-state index in [0.717, 1.165) is 11.3 Å². The standard InChI is InChI=1S/C13H18N2O2S/c1-8(2)11(12(16)17)15-13(18)14-10-6-4-5-9(3)7-10/h4-8,11H,1-3H3,(H,16,17)(H2,14,15,18)/t11-/m0/s1. The van der Waals surface area contributed by atoms with Crippen molar-refractivity contribution >= 4 is 29.0 Å². The highest BCUT2D eigenvalue weighted by molar-refractivity contribution is 7.80. The summed E-state index contributed by atoms with van der Waals surface area (Å²) in [4.78, 5) is 11.0. The van der Waals surface area contributed by atoms with Gasteiger partial charge >= 0.3 is 5.97 Å².